The number of nitrogens with two attached hydrogens (primary N) is 1. The SMILES string of the molecule is CC1CC1n1nnc2c(N)ncnc21. The summed E-state index contributed by atoms with van der Waals surface area (Å²) in [5.74, 6) is 1.06. The number of hydrogen-bond donors (Lipinski definition) is 1. The standard InChI is InChI=1S/C8H10N6/c1-4-2-5(4)14-8-6(12-13-14)7(9)10-3-11-8/h3-5H,2H2,1H3,(H2,9,10,11). The molecular formula is C8H10N6. The average Bonchev–Trinajstić information content (AvgIpc) is 2.75. The Balaban J connectivity index is 2.22. The molecule has 2 heterocycles. The van der Waals surface area contributed by atoms with Crippen LogP contribution in [0.5, 0.6) is 0 Å². The van der Waals surface area contributed by atoms with Gasteiger partial charge in [-0.1, -0.05) is 12.1 Å². The summed E-state index contributed by atoms with van der Waals surface area (Å²) < 4.78 is 1.85. The van der Waals surface area contributed by atoms with Gasteiger partial charge in [-0.05, 0) is 12.3 Å². The first-order valence-electron chi connectivity index (χ1n) is 4.58. The molecule has 1 aliphatic rings. The second-order valence-corrected chi connectivity index (χ2v) is 3.75. The first-order chi connectivity index (χ1) is 6.77. The predicted octanol–water partition coefficient (Wildman–Crippen LogP) is 0.384. The molecule has 0 saturated heterocycles. The molecule has 0 radical (unpaired) electrons. The highest BCUT2D eigenvalue weighted by molar-refractivity contribution is 5.80. The summed E-state index contributed by atoms with van der Waals surface area (Å²) in [5.41, 5.74) is 7.00. The number of nitrogens with zero attached hydrogens (tertiary/aromatic N) is 5. The van der Waals surface area contributed by atoms with Gasteiger partial charge in [0.2, 0.25) is 0 Å². The van der Waals surface area contributed by atoms with Crippen LogP contribution in [0.25, 0.3) is 11.2 Å². The fourth-order valence-electron chi connectivity index (χ4n) is 1.65. The van der Waals surface area contributed by atoms with Crippen molar-refractivity contribution in [2.75, 3.05) is 5.73 Å². The van der Waals surface area contributed by atoms with Gasteiger partial charge < -0.3 is 5.73 Å². The number of anilines is 1. The van der Waals surface area contributed by atoms with Gasteiger partial charge in [0.05, 0.1) is 6.04 Å². The maximum atomic E-state index is 5.66. The molecule has 1 saturated carbocycles. The molecule has 72 valence electrons. The van der Waals surface area contributed by atoms with Gasteiger partial charge >= 0.3 is 0 Å². The van der Waals surface area contributed by atoms with Gasteiger partial charge in [0.15, 0.2) is 17.0 Å². The van der Waals surface area contributed by atoms with Crippen LogP contribution in [0.2, 0.25) is 0 Å². The molecule has 2 aromatic heterocycles. The Morgan fingerprint density at radius 2 is 2.29 bits per heavy atom. The van der Waals surface area contributed by atoms with Crippen LogP contribution in [-0.2, 0) is 0 Å². The van der Waals surface area contributed by atoms with Crippen molar-refractivity contribution in [2.45, 2.75) is 19.4 Å². The summed E-state index contributed by atoms with van der Waals surface area (Å²) in [6.07, 6.45) is 2.59. The van der Waals surface area contributed by atoms with Crippen molar-refractivity contribution in [3.63, 3.8) is 0 Å². The molecule has 2 atom stereocenters. The summed E-state index contributed by atoms with van der Waals surface area (Å²) in [5, 5.41) is 8.03. The molecule has 0 bridgehead atoms. The zero-order chi connectivity index (χ0) is 9.71. The monoisotopic (exact) mass is 190 g/mol. The van der Waals surface area contributed by atoms with Crippen molar-refractivity contribution in [3.8, 4) is 0 Å². The molecule has 6 nitrogen and oxygen atoms in total. The van der Waals surface area contributed by atoms with Gasteiger partial charge in [-0.15, -0.1) is 5.10 Å². The minimum atomic E-state index is 0.398. The first kappa shape index (κ1) is 7.66. The molecule has 0 amide bonds. The smallest absolute Gasteiger partial charge is 0.184 e. The lowest BCUT2D eigenvalue weighted by Gasteiger charge is -1.97. The van der Waals surface area contributed by atoms with Crippen LogP contribution in [0, 0.1) is 5.92 Å². The van der Waals surface area contributed by atoms with Gasteiger partial charge in [-0.2, -0.15) is 0 Å². The highest BCUT2D eigenvalue weighted by atomic mass is 15.5. The van der Waals surface area contributed by atoms with Crippen molar-refractivity contribution in [1.29, 1.82) is 0 Å². The maximum absolute atomic E-state index is 5.66. The zero-order valence-corrected chi connectivity index (χ0v) is 7.75. The van der Waals surface area contributed by atoms with Crippen LogP contribution in [-0.4, -0.2) is 25.0 Å². The largest absolute Gasteiger partial charge is 0.382 e. The molecule has 6 heteroatoms. The van der Waals surface area contributed by atoms with E-state index in [1.165, 1.54) is 6.33 Å². The van der Waals surface area contributed by atoms with Crippen molar-refractivity contribution >= 4 is 17.0 Å². The highest BCUT2D eigenvalue weighted by Gasteiger charge is 2.37. The number of fused-ring (bicyclic) bond motifs is 1. The van der Waals surface area contributed by atoms with Crippen molar-refractivity contribution in [2.24, 2.45) is 5.92 Å². The van der Waals surface area contributed by atoms with Gasteiger partial charge in [0, 0.05) is 0 Å². The minimum Gasteiger partial charge on any atom is -0.382 e. The van der Waals surface area contributed by atoms with Crippen LogP contribution < -0.4 is 5.73 Å². The lowest BCUT2D eigenvalue weighted by atomic mass is 10.4. The molecule has 0 aromatic carbocycles. The summed E-state index contributed by atoms with van der Waals surface area (Å²) >= 11 is 0. The van der Waals surface area contributed by atoms with E-state index in [2.05, 4.69) is 27.2 Å². The second kappa shape index (κ2) is 2.40. The van der Waals surface area contributed by atoms with E-state index < -0.39 is 0 Å². The van der Waals surface area contributed by atoms with E-state index in [0.717, 1.165) is 12.1 Å². The van der Waals surface area contributed by atoms with E-state index in [1.54, 1.807) is 0 Å². The Morgan fingerprint density at radius 3 is 3.00 bits per heavy atom. The molecule has 0 aliphatic heterocycles. The first-order valence-corrected chi connectivity index (χ1v) is 4.58. The lowest BCUT2D eigenvalue weighted by Crippen LogP contribution is -2.00. The topological polar surface area (TPSA) is 82.5 Å². The van der Waals surface area contributed by atoms with Gasteiger partial charge in [-0.3, -0.25) is 0 Å². The third kappa shape index (κ3) is 0.905. The predicted molar refractivity (Wildman–Crippen MR) is 50.3 cm³/mol. The molecular weight excluding hydrogens is 180 g/mol. The minimum absolute atomic E-state index is 0.398. The fourth-order valence-corrected chi connectivity index (χ4v) is 1.65. The van der Waals surface area contributed by atoms with Gasteiger partial charge in [0.25, 0.3) is 0 Å². The molecule has 1 fully saturated rings. The highest BCUT2D eigenvalue weighted by Crippen LogP contribution is 2.43. The van der Waals surface area contributed by atoms with Crippen LogP contribution in [0.3, 0.4) is 0 Å². The Bertz CT molecular complexity index is 490. The number of rotatable bonds is 1. The molecule has 0 spiro atoms. The third-order valence-corrected chi connectivity index (χ3v) is 2.67. The average molecular weight is 190 g/mol. The maximum Gasteiger partial charge on any atom is 0.184 e. The van der Waals surface area contributed by atoms with E-state index in [4.69, 9.17) is 5.73 Å². The third-order valence-electron chi connectivity index (χ3n) is 2.67. The van der Waals surface area contributed by atoms with Crippen molar-refractivity contribution in [3.05, 3.63) is 6.33 Å². The van der Waals surface area contributed by atoms with Crippen LogP contribution in [0.1, 0.15) is 19.4 Å². The molecule has 2 unspecified atom stereocenters. The van der Waals surface area contributed by atoms with Gasteiger partial charge in [-0.25, -0.2) is 14.6 Å². The normalized spacial score (nSPS) is 25.5. The van der Waals surface area contributed by atoms with Crippen LogP contribution in [0.15, 0.2) is 6.33 Å². The Hall–Kier alpha value is -1.72. The summed E-state index contributed by atoms with van der Waals surface area (Å²) in [7, 11) is 0. The Morgan fingerprint density at radius 1 is 1.50 bits per heavy atom. The second-order valence-electron chi connectivity index (χ2n) is 3.75. The summed E-state index contributed by atoms with van der Waals surface area (Å²) in [4.78, 5) is 8.01. The quantitative estimate of drug-likeness (QED) is 0.703. The van der Waals surface area contributed by atoms with E-state index in [1.807, 2.05) is 4.68 Å². The zero-order valence-electron chi connectivity index (χ0n) is 7.75. The van der Waals surface area contributed by atoms with Gasteiger partial charge in [0.1, 0.15) is 6.33 Å². The number of aromatic nitrogens is 5. The Labute approximate surface area is 80.1 Å². The molecule has 2 N–H and O–H groups in total. The lowest BCUT2D eigenvalue weighted by molar-refractivity contribution is 0.592. The molecule has 14 heavy (non-hydrogen) atoms. The molecule has 2 aromatic rings. The van der Waals surface area contributed by atoms with Crippen LogP contribution >= 0.6 is 0 Å². The van der Waals surface area contributed by atoms with Crippen molar-refractivity contribution in [1.82, 2.24) is 25.0 Å². The van der Waals surface area contributed by atoms with Crippen LogP contribution in [0.4, 0.5) is 5.82 Å². The van der Waals surface area contributed by atoms with E-state index in [9.17, 15) is 0 Å². The molecule has 3 rings (SSSR count). The molecule has 1 aliphatic carbocycles. The summed E-state index contributed by atoms with van der Waals surface area (Å²) in [6, 6.07) is 0.439. The number of nitrogen functional groups attached to an aromatic ring is 1. The number of hydrogen-bond acceptors (Lipinski definition) is 5. The summed E-state index contributed by atoms with van der Waals surface area (Å²) in [6.45, 7) is 2.18. The van der Waals surface area contributed by atoms with E-state index >= 15 is 0 Å². The van der Waals surface area contributed by atoms with Crippen molar-refractivity contribution < 1.29 is 0 Å². The van der Waals surface area contributed by atoms with E-state index in [0.29, 0.717) is 23.3 Å². The Kier molecular flexibility index (Phi) is 1.31. The fraction of sp³-hybridized carbons (Fsp3) is 0.500. The van der Waals surface area contributed by atoms with E-state index in [-0.39, 0.29) is 0 Å².